The Morgan fingerprint density at radius 1 is 1.17 bits per heavy atom. The number of nitrogens with one attached hydrogen (secondary N) is 2. The molecule has 3 rings (SSSR count). The van der Waals surface area contributed by atoms with Crippen LogP contribution in [-0.2, 0) is 16.1 Å². The minimum Gasteiger partial charge on any atom is -0.375 e. The van der Waals surface area contributed by atoms with Gasteiger partial charge in [0.25, 0.3) is 11.6 Å². The smallest absolute Gasteiger partial charge is 0.293 e. The van der Waals surface area contributed by atoms with Gasteiger partial charge in [-0.15, -0.1) is 0 Å². The predicted octanol–water partition coefficient (Wildman–Crippen LogP) is 2.71. The number of methoxy groups -OCH3 is 1. The third-order valence-electron chi connectivity index (χ3n) is 4.82. The van der Waals surface area contributed by atoms with E-state index in [-0.39, 0.29) is 30.3 Å². The van der Waals surface area contributed by atoms with Gasteiger partial charge in [0.15, 0.2) is 0 Å². The molecule has 0 spiro atoms. The van der Waals surface area contributed by atoms with Crippen molar-refractivity contribution in [3.8, 4) is 0 Å². The molecule has 0 aliphatic carbocycles. The number of nitro groups is 1. The van der Waals surface area contributed by atoms with E-state index < -0.39 is 10.8 Å². The van der Waals surface area contributed by atoms with Crippen molar-refractivity contribution in [3.05, 3.63) is 63.7 Å². The van der Waals surface area contributed by atoms with Crippen molar-refractivity contribution < 1.29 is 19.2 Å². The highest BCUT2D eigenvalue weighted by Gasteiger charge is 2.23. The van der Waals surface area contributed by atoms with Crippen LogP contribution in [0.4, 0.5) is 17.1 Å². The maximum absolute atomic E-state index is 12.5. The number of ether oxygens (including phenoxy) is 1. The first-order valence-corrected chi connectivity index (χ1v) is 9.67. The third-order valence-corrected chi connectivity index (χ3v) is 4.82. The Hall–Kier alpha value is -3.46. The Labute approximate surface area is 174 Å². The van der Waals surface area contributed by atoms with E-state index in [2.05, 4.69) is 10.6 Å². The van der Waals surface area contributed by atoms with E-state index in [9.17, 15) is 19.7 Å². The molecule has 2 aromatic carbocycles. The number of nitro benzene ring substituents is 1. The molecule has 2 aromatic rings. The van der Waals surface area contributed by atoms with Crippen LogP contribution in [0.25, 0.3) is 0 Å². The van der Waals surface area contributed by atoms with Gasteiger partial charge in [0.05, 0.1) is 4.92 Å². The molecule has 30 heavy (non-hydrogen) atoms. The topological polar surface area (TPSA) is 114 Å². The molecule has 1 heterocycles. The lowest BCUT2D eigenvalue weighted by Gasteiger charge is -2.17. The second kappa shape index (κ2) is 9.84. The molecule has 2 N–H and O–H groups in total. The molecule has 0 atom stereocenters. The molecular weight excluding hydrogens is 388 g/mol. The molecule has 0 aromatic heterocycles. The Morgan fingerprint density at radius 3 is 2.63 bits per heavy atom. The predicted molar refractivity (Wildman–Crippen MR) is 113 cm³/mol. The zero-order chi connectivity index (χ0) is 21.5. The number of hydrogen-bond acceptors (Lipinski definition) is 6. The van der Waals surface area contributed by atoms with Crippen molar-refractivity contribution in [1.29, 1.82) is 0 Å². The van der Waals surface area contributed by atoms with Gasteiger partial charge in [-0.25, -0.2) is 0 Å². The van der Waals surface area contributed by atoms with Gasteiger partial charge < -0.3 is 20.3 Å². The minimum atomic E-state index is -0.448. The third kappa shape index (κ3) is 5.32. The Bertz CT molecular complexity index is 941. The van der Waals surface area contributed by atoms with Crippen LogP contribution >= 0.6 is 0 Å². The molecule has 158 valence electrons. The molecule has 0 radical (unpaired) electrons. The molecule has 0 saturated carbocycles. The number of carbonyl (C=O) groups excluding carboxylic acids is 2. The van der Waals surface area contributed by atoms with Gasteiger partial charge >= 0.3 is 0 Å². The summed E-state index contributed by atoms with van der Waals surface area (Å²) in [5.41, 5.74) is 2.09. The second-order valence-electron chi connectivity index (χ2n) is 7.02. The summed E-state index contributed by atoms with van der Waals surface area (Å²) in [6, 6.07) is 11.6. The minimum absolute atomic E-state index is 0.0484. The Balaban J connectivity index is 1.67. The lowest BCUT2D eigenvalue weighted by atomic mass is 10.1. The van der Waals surface area contributed by atoms with E-state index in [4.69, 9.17) is 4.74 Å². The van der Waals surface area contributed by atoms with Crippen molar-refractivity contribution >= 4 is 28.9 Å². The summed E-state index contributed by atoms with van der Waals surface area (Å²) in [6.45, 7) is 1.73. The molecule has 9 heteroatoms. The first-order chi connectivity index (χ1) is 14.5. The van der Waals surface area contributed by atoms with Gasteiger partial charge in [-0.3, -0.25) is 19.7 Å². The molecule has 0 unspecified atom stereocenters. The molecule has 9 nitrogen and oxygen atoms in total. The van der Waals surface area contributed by atoms with E-state index in [0.29, 0.717) is 11.4 Å². The van der Waals surface area contributed by atoms with Gasteiger partial charge in [-0.05, 0) is 42.7 Å². The van der Waals surface area contributed by atoms with Crippen LogP contribution in [-0.4, -0.2) is 43.5 Å². The SMILES string of the molecule is COCC(=O)Nc1cccc(CNC(=O)c2ccc(N3CCCC3)c([N+](=O)[O-])c2)c1. The molecule has 1 fully saturated rings. The standard InChI is InChI=1S/C21H24N4O5/c1-30-14-20(26)23-17-6-4-5-15(11-17)13-22-21(27)16-7-8-18(19(12-16)25(28)29)24-9-2-3-10-24/h4-8,11-12H,2-3,9-10,13-14H2,1H3,(H,22,27)(H,23,26). The number of amides is 2. The summed E-state index contributed by atoms with van der Waals surface area (Å²) in [4.78, 5) is 37.2. The van der Waals surface area contributed by atoms with Gasteiger partial charge in [-0.1, -0.05) is 12.1 Å². The van der Waals surface area contributed by atoms with Crippen LogP contribution < -0.4 is 15.5 Å². The van der Waals surface area contributed by atoms with E-state index in [0.717, 1.165) is 31.5 Å². The van der Waals surface area contributed by atoms with Crippen LogP contribution in [0.15, 0.2) is 42.5 Å². The van der Waals surface area contributed by atoms with Gasteiger partial charge in [-0.2, -0.15) is 0 Å². The van der Waals surface area contributed by atoms with Crippen LogP contribution in [0.5, 0.6) is 0 Å². The van der Waals surface area contributed by atoms with Crippen LogP contribution in [0, 0.1) is 10.1 Å². The summed E-state index contributed by atoms with van der Waals surface area (Å²) in [5.74, 6) is -0.677. The number of nitrogens with zero attached hydrogens (tertiary/aromatic N) is 2. The monoisotopic (exact) mass is 412 g/mol. The van der Waals surface area contributed by atoms with E-state index in [1.807, 2.05) is 11.0 Å². The van der Waals surface area contributed by atoms with Crippen molar-refractivity contribution in [2.24, 2.45) is 0 Å². The maximum Gasteiger partial charge on any atom is 0.293 e. The largest absolute Gasteiger partial charge is 0.375 e. The average Bonchev–Trinajstić information content (AvgIpc) is 3.26. The first kappa shape index (κ1) is 21.3. The summed E-state index contributed by atoms with van der Waals surface area (Å²) >= 11 is 0. The lowest BCUT2D eigenvalue weighted by Crippen LogP contribution is -2.24. The highest BCUT2D eigenvalue weighted by molar-refractivity contribution is 5.96. The molecule has 2 amide bonds. The Kier molecular flexibility index (Phi) is 6.97. The highest BCUT2D eigenvalue weighted by Crippen LogP contribution is 2.31. The van der Waals surface area contributed by atoms with Crippen molar-refractivity contribution in [2.45, 2.75) is 19.4 Å². The van der Waals surface area contributed by atoms with Crippen molar-refractivity contribution in [3.63, 3.8) is 0 Å². The second-order valence-corrected chi connectivity index (χ2v) is 7.02. The number of benzene rings is 2. The Morgan fingerprint density at radius 2 is 1.93 bits per heavy atom. The summed E-state index contributed by atoms with van der Waals surface area (Å²) in [6.07, 6.45) is 2.01. The van der Waals surface area contributed by atoms with E-state index in [1.54, 1.807) is 30.3 Å². The van der Waals surface area contributed by atoms with Crippen molar-refractivity contribution in [2.75, 3.05) is 37.0 Å². The van der Waals surface area contributed by atoms with E-state index in [1.165, 1.54) is 13.2 Å². The molecule has 1 aliphatic rings. The fourth-order valence-corrected chi connectivity index (χ4v) is 3.41. The van der Waals surface area contributed by atoms with Crippen LogP contribution in [0.2, 0.25) is 0 Å². The van der Waals surface area contributed by atoms with E-state index >= 15 is 0 Å². The molecule has 1 saturated heterocycles. The number of anilines is 2. The molecular formula is C21H24N4O5. The quantitative estimate of drug-likeness (QED) is 0.509. The molecule has 0 bridgehead atoms. The summed E-state index contributed by atoms with van der Waals surface area (Å²) < 4.78 is 4.78. The zero-order valence-corrected chi connectivity index (χ0v) is 16.7. The van der Waals surface area contributed by atoms with Crippen molar-refractivity contribution in [1.82, 2.24) is 5.32 Å². The lowest BCUT2D eigenvalue weighted by molar-refractivity contribution is -0.384. The van der Waals surface area contributed by atoms with Crippen LogP contribution in [0.1, 0.15) is 28.8 Å². The highest BCUT2D eigenvalue weighted by atomic mass is 16.6. The van der Waals surface area contributed by atoms with Gasteiger partial charge in [0.1, 0.15) is 12.3 Å². The zero-order valence-electron chi connectivity index (χ0n) is 16.7. The fraction of sp³-hybridized carbons (Fsp3) is 0.333. The fourth-order valence-electron chi connectivity index (χ4n) is 3.41. The number of hydrogen-bond donors (Lipinski definition) is 2. The van der Waals surface area contributed by atoms with Gasteiger partial charge in [0.2, 0.25) is 5.91 Å². The average molecular weight is 412 g/mol. The van der Waals surface area contributed by atoms with Crippen LogP contribution in [0.3, 0.4) is 0 Å². The summed E-state index contributed by atoms with van der Waals surface area (Å²) in [7, 11) is 1.44. The number of carbonyl (C=O) groups is 2. The first-order valence-electron chi connectivity index (χ1n) is 9.67. The number of rotatable bonds is 8. The summed E-state index contributed by atoms with van der Waals surface area (Å²) in [5, 5.41) is 17.0. The van der Waals surface area contributed by atoms with Gasteiger partial charge in [0, 0.05) is 44.1 Å². The normalized spacial score (nSPS) is 13.2. The maximum atomic E-state index is 12.5. The molecule has 1 aliphatic heterocycles.